The van der Waals surface area contributed by atoms with Crippen LogP contribution in [0.4, 0.5) is 0 Å². The molecule has 0 radical (unpaired) electrons. The number of carbonyl (C=O) groups excluding carboxylic acids is 1. The van der Waals surface area contributed by atoms with Crippen molar-refractivity contribution in [2.24, 2.45) is 5.73 Å². The summed E-state index contributed by atoms with van der Waals surface area (Å²) in [6.07, 6.45) is 4.12. The van der Waals surface area contributed by atoms with Gasteiger partial charge in [-0.3, -0.25) is 4.79 Å². The fourth-order valence-corrected chi connectivity index (χ4v) is 2.62. The van der Waals surface area contributed by atoms with Gasteiger partial charge in [0.15, 0.2) is 0 Å². The van der Waals surface area contributed by atoms with Crippen molar-refractivity contribution >= 4 is 16.9 Å². The molecule has 1 aliphatic rings. The number of aromatic nitrogens is 2. The maximum Gasteiger partial charge on any atom is 0.227 e. The third-order valence-corrected chi connectivity index (χ3v) is 3.65. The van der Waals surface area contributed by atoms with Gasteiger partial charge >= 0.3 is 0 Å². The van der Waals surface area contributed by atoms with Crippen LogP contribution in [0.3, 0.4) is 0 Å². The van der Waals surface area contributed by atoms with Gasteiger partial charge in [0.1, 0.15) is 0 Å². The summed E-state index contributed by atoms with van der Waals surface area (Å²) in [6.45, 7) is 1.52. The van der Waals surface area contributed by atoms with Gasteiger partial charge in [-0.15, -0.1) is 0 Å². The quantitative estimate of drug-likeness (QED) is 0.845. The lowest BCUT2D eigenvalue weighted by atomic mass is 10.0. The largest absolute Gasteiger partial charge is 0.345 e. The first-order chi connectivity index (χ1) is 9.22. The second-order valence-electron chi connectivity index (χ2n) is 5.17. The molecule has 3 N–H and O–H groups in total. The molecule has 1 atom stereocenters. The van der Waals surface area contributed by atoms with Gasteiger partial charge in [0, 0.05) is 19.1 Å². The van der Waals surface area contributed by atoms with E-state index in [0.29, 0.717) is 13.0 Å². The first-order valence-electron chi connectivity index (χ1n) is 6.68. The van der Waals surface area contributed by atoms with Crippen LogP contribution in [0.1, 0.15) is 18.4 Å². The lowest BCUT2D eigenvalue weighted by molar-refractivity contribution is -0.131. The van der Waals surface area contributed by atoms with Crippen LogP contribution in [0.25, 0.3) is 11.0 Å². The van der Waals surface area contributed by atoms with Crippen molar-refractivity contribution < 1.29 is 4.79 Å². The van der Waals surface area contributed by atoms with Gasteiger partial charge in [0.05, 0.1) is 23.8 Å². The van der Waals surface area contributed by atoms with Crippen LogP contribution in [-0.4, -0.2) is 39.9 Å². The number of rotatable bonds is 2. The number of hydrogen-bond acceptors (Lipinski definition) is 3. The first kappa shape index (κ1) is 12.2. The Kier molecular flexibility index (Phi) is 3.21. The highest BCUT2D eigenvalue weighted by molar-refractivity contribution is 5.81. The molecule has 0 bridgehead atoms. The summed E-state index contributed by atoms with van der Waals surface area (Å²) >= 11 is 0. The van der Waals surface area contributed by atoms with E-state index in [1.165, 1.54) is 0 Å². The Morgan fingerprint density at radius 1 is 1.53 bits per heavy atom. The van der Waals surface area contributed by atoms with Crippen LogP contribution >= 0.6 is 0 Å². The molecule has 1 aliphatic heterocycles. The summed E-state index contributed by atoms with van der Waals surface area (Å²) in [5.74, 6) is 0.161. The molecule has 0 saturated carbocycles. The van der Waals surface area contributed by atoms with Crippen molar-refractivity contribution in [3.8, 4) is 0 Å². The Labute approximate surface area is 111 Å². The number of nitrogens with one attached hydrogen (secondary N) is 1. The van der Waals surface area contributed by atoms with Crippen molar-refractivity contribution in [2.75, 3.05) is 13.1 Å². The van der Waals surface area contributed by atoms with Gasteiger partial charge in [-0.05, 0) is 30.5 Å². The molecule has 1 saturated heterocycles. The van der Waals surface area contributed by atoms with Gasteiger partial charge in [-0.1, -0.05) is 6.07 Å². The number of fused-ring (bicyclic) bond motifs is 1. The van der Waals surface area contributed by atoms with Crippen LogP contribution in [0, 0.1) is 0 Å². The molecule has 1 amide bonds. The molecular formula is C14H18N4O. The number of aromatic amines is 1. The minimum atomic E-state index is 0.132. The molecule has 2 aromatic rings. The standard InChI is InChI=1S/C14H18N4O/c15-11-2-1-5-18(8-11)14(19)7-10-3-4-12-13(6-10)17-9-16-12/h3-4,6,9,11H,1-2,5,7-8,15H2,(H,16,17). The zero-order chi connectivity index (χ0) is 13.2. The Bertz CT molecular complexity index is 592. The molecule has 1 unspecified atom stereocenters. The third kappa shape index (κ3) is 2.61. The van der Waals surface area contributed by atoms with Crippen LogP contribution in [0.15, 0.2) is 24.5 Å². The van der Waals surface area contributed by atoms with E-state index in [1.807, 2.05) is 23.1 Å². The highest BCUT2D eigenvalue weighted by atomic mass is 16.2. The maximum absolute atomic E-state index is 12.2. The maximum atomic E-state index is 12.2. The van der Waals surface area contributed by atoms with E-state index >= 15 is 0 Å². The molecule has 1 aromatic carbocycles. The van der Waals surface area contributed by atoms with E-state index in [4.69, 9.17) is 5.73 Å². The van der Waals surface area contributed by atoms with Crippen LogP contribution < -0.4 is 5.73 Å². The average Bonchev–Trinajstić information content (AvgIpc) is 2.86. The fraction of sp³-hybridized carbons (Fsp3) is 0.429. The Morgan fingerprint density at radius 2 is 2.42 bits per heavy atom. The third-order valence-electron chi connectivity index (χ3n) is 3.65. The molecule has 0 aliphatic carbocycles. The number of amides is 1. The molecule has 1 fully saturated rings. The van der Waals surface area contributed by atoms with Gasteiger partial charge in [0.2, 0.25) is 5.91 Å². The van der Waals surface area contributed by atoms with Gasteiger partial charge in [-0.25, -0.2) is 4.98 Å². The number of nitrogens with two attached hydrogens (primary N) is 1. The Hall–Kier alpha value is -1.88. The Morgan fingerprint density at radius 3 is 3.26 bits per heavy atom. The molecular weight excluding hydrogens is 240 g/mol. The van der Waals surface area contributed by atoms with E-state index < -0.39 is 0 Å². The number of benzene rings is 1. The first-order valence-corrected chi connectivity index (χ1v) is 6.68. The molecule has 3 rings (SSSR count). The molecule has 100 valence electrons. The number of likely N-dealkylation sites (tertiary alicyclic amines) is 1. The van der Waals surface area contributed by atoms with Gasteiger partial charge in [-0.2, -0.15) is 0 Å². The van der Waals surface area contributed by atoms with Crippen molar-refractivity contribution in [3.63, 3.8) is 0 Å². The highest BCUT2D eigenvalue weighted by Crippen LogP contribution is 2.14. The van der Waals surface area contributed by atoms with E-state index in [-0.39, 0.29) is 11.9 Å². The summed E-state index contributed by atoms with van der Waals surface area (Å²) in [4.78, 5) is 21.3. The average molecular weight is 258 g/mol. The normalized spacial score (nSPS) is 19.8. The summed E-state index contributed by atoms with van der Waals surface area (Å²) in [5, 5.41) is 0. The summed E-state index contributed by atoms with van der Waals surface area (Å²) in [7, 11) is 0. The minimum Gasteiger partial charge on any atom is -0.345 e. The van der Waals surface area contributed by atoms with E-state index in [9.17, 15) is 4.79 Å². The monoisotopic (exact) mass is 258 g/mol. The predicted molar refractivity (Wildman–Crippen MR) is 73.6 cm³/mol. The molecule has 1 aromatic heterocycles. The molecule has 5 nitrogen and oxygen atoms in total. The zero-order valence-corrected chi connectivity index (χ0v) is 10.8. The van der Waals surface area contributed by atoms with E-state index in [1.54, 1.807) is 6.33 Å². The number of nitrogens with zero attached hydrogens (tertiary/aromatic N) is 2. The van der Waals surface area contributed by atoms with Crippen LogP contribution in [0.2, 0.25) is 0 Å². The summed E-state index contributed by atoms with van der Waals surface area (Å²) < 4.78 is 0. The second kappa shape index (κ2) is 5.01. The lowest BCUT2D eigenvalue weighted by Crippen LogP contribution is -2.46. The molecule has 0 spiro atoms. The Balaban J connectivity index is 1.71. The minimum absolute atomic E-state index is 0.132. The smallest absolute Gasteiger partial charge is 0.227 e. The predicted octanol–water partition coefficient (Wildman–Crippen LogP) is 1.06. The van der Waals surface area contributed by atoms with Crippen LogP contribution in [0.5, 0.6) is 0 Å². The number of piperidine rings is 1. The zero-order valence-electron chi connectivity index (χ0n) is 10.8. The van der Waals surface area contributed by atoms with Crippen molar-refractivity contribution in [3.05, 3.63) is 30.1 Å². The van der Waals surface area contributed by atoms with Gasteiger partial charge in [0.25, 0.3) is 0 Å². The van der Waals surface area contributed by atoms with Gasteiger partial charge < -0.3 is 15.6 Å². The number of H-pyrrole nitrogens is 1. The molecule has 19 heavy (non-hydrogen) atoms. The SMILES string of the molecule is NC1CCCN(C(=O)Cc2ccc3nc[nH]c3c2)C1. The van der Waals surface area contributed by atoms with Crippen molar-refractivity contribution in [2.45, 2.75) is 25.3 Å². The van der Waals surface area contributed by atoms with Crippen LogP contribution in [-0.2, 0) is 11.2 Å². The summed E-state index contributed by atoms with van der Waals surface area (Å²) in [6, 6.07) is 6.03. The summed E-state index contributed by atoms with van der Waals surface area (Å²) in [5.41, 5.74) is 8.82. The van der Waals surface area contributed by atoms with Crippen molar-refractivity contribution in [1.82, 2.24) is 14.9 Å². The van der Waals surface area contributed by atoms with E-state index in [2.05, 4.69) is 9.97 Å². The fourth-order valence-electron chi connectivity index (χ4n) is 2.62. The lowest BCUT2D eigenvalue weighted by Gasteiger charge is -2.30. The van der Waals surface area contributed by atoms with E-state index in [0.717, 1.165) is 36.0 Å². The number of hydrogen-bond donors (Lipinski definition) is 2. The number of carbonyl (C=O) groups is 1. The molecule has 2 heterocycles. The number of imidazole rings is 1. The topological polar surface area (TPSA) is 75.0 Å². The van der Waals surface area contributed by atoms with Crippen molar-refractivity contribution in [1.29, 1.82) is 0 Å². The molecule has 5 heteroatoms. The second-order valence-corrected chi connectivity index (χ2v) is 5.17. The highest BCUT2D eigenvalue weighted by Gasteiger charge is 2.21.